The summed E-state index contributed by atoms with van der Waals surface area (Å²) in [4.78, 5) is 21.9. The molecule has 1 N–H and O–H groups in total. The van der Waals surface area contributed by atoms with Gasteiger partial charge in [0.1, 0.15) is 6.29 Å². The van der Waals surface area contributed by atoms with Crippen molar-refractivity contribution in [1.82, 2.24) is 0 Å². The van der Waals surface area contributed by atoms with Crippen LogP contribution >= 0.6 is 0 Å². The Morgan fingerprint density at radius 1 is 1.46 bits per heavy atom. The van der Waals surface area contributed by atoms with Crippen LogP contribution in [0.2, 0.25) is 0 Å². The lowest BCUT2D eigenvalue weighted by molar-refractivity contribution is -0.145. The Hall–Kier alpha value is -0.860. The van der Waals surface area contributed by atoms with Gasteiger partial charge in [-0.25, -0.2) is 0 Å². The number of aldehydes is 1. The molecule has 0 aromatic heterocycles. The van der Waals surface area contributed by atoms with Gasteiger partial charge < -0.3 is 9.90 Å². The molecule has 0 amide bonds. The Morgan fingerprint density at radius 2 is 1.92 bits per heavy atom. The van der Waals surface area contributed by atoms with Crippen molar-refractivity contribution >= 4 is 12.3 Å². The third-order valence-electron chi connectivity index (χ3n) is 3.66. The van der Waals surface area contributed by atoms with E-state index in [4.69, 9.17) is 5.11 Å². The lowest BCUT2D eigenvalue weighted by Gasteiger charge is -2.06. The average Bonchev–Trinajstić information content (AvgIpc) is 2.52. The topological polar surface area (TPSA) is 54.4 Å². The first-order chi connectivity index (χ1) is 5.82. The summed E-state index contributed by atoms with van der Waals surface area (Å²) in [6.07, 6.45) is 0.797. The van der Waals surface area contributed by atoms with Crippen LogP contribution in [0.3, 0.4) is 0 Å². The van der Waals surface area contributed by atoms with Crippen LogP contribution in [0.5, 0.6) is 0 Å². The van der Waals surface area contributed by atoms with Crippen LogP contribution in [0.1, 0.15) is 27.7 Å². The molecule has 13 heavy (non-hydrogen) atoms. The third kappa shape index (κ3) is 0.960. The maximum atomic E-state index is 11.0. The van der Waals surface area contributed by atoms with Gasteiger partial charge in [0, 0.05) is 5.41 Å². The second-order valence-electron chi connectivity index (χ2n) is 4.63. The van der Waals surface area contributed by atoms with E-state index in [1.807, 2.05) is 13.8 Å². The van der Waals surface area contributed by atoms with Gasteiger partial charge in [0.2, 0.25) is 0 Å². The smallest absolute Gasteiger partial charge is 0.310 e. The highest BCUT2D eigenvalue weighted by atomic mass is 16.4. The Kier molecular flexibility index (Phi) is 2.02. The fourth-order valence-electron chi connectivity index (χ4n) is 2.79. The summed E-state index contributed by atoms with van der Waals surface area (Å²) in [5, 5.41) is 9.04. The van der Waals surface area contributed by atoms with Gasteiger partial charge in [0.25, 0.3) is 0 Å². The van der Waals surface area contributed by atoms with E-state index in [2.05, 4.69) is 0 Å². The summed E-state index contributed by atoms with van der Waals surface area (Å²) in [6.45, 7) is 7.31. The maximum absolute atomic E-state index is 11.0. The van der Waals surface area contributed by atoms with E-state index < -0.39 is 16.8 Å². The summed E-state index contributed by atoms with van der Waals surface area (Å²) >= 11 is 0. The monoisotopic (exact) mass is 184 g/mol. The number of carboxylic acids is 1. The molecule has 0 spiro atoms. The van der Waals surface area contributed by atoms with Gasteiger partial charge in [-0.1, -0.05) is 20.8 Å². The number of rotatable bonds is 3. The Morgan fingerprint density at radius 3 is 2.00 bits per heavy atom. The molecule has 1 aliphatic rings. The highest BCUT2D eigenvalue weighted by Crippen LogP contribution is 2.70. The predicted molar refractivity (Wildman–Crippen MR) is 48.2 cm³/mol. The van der Waals surface area contributed by atoms with Crippen LogP contribution in [0.15, 0.2) is 0 Å². The summed E-state index contributed by atoms with van der Waals surface area (Å²) in [5.41, 5.74) is -1.53. The fourth-order valence-corrected chi connectivity index (χ4v) is 2.79. The van der Waals surface area contributed by atoms with E-state index in [0.29, 0.717) is 0 Å². The summed E-state index contributed by atoms with van der Waals surface area (Å²) in [6, 6.07) is 0. The molecule has 3 atom stereocenters. The molecule has 3 heteroatoms. The van der Waals surface area contributed by atoms with E-state index in [0.717, 1.165) is 6.29 Å². The number of hydrogen-bond acceptors (Lipinski definition) is 2. The highest BCUT2D eigenvalue weighted by Gasteiger charge is 2.76. The zero-order valence-electron chi connectivity index (χ0n) is 8.50. The number of hydrogen-bond donors (Lipinski definition) is 1. The minimum atomic E-state index is -0.860. The van der Waals surface area contributed by atoms with Crippen molar-refractivity contribution in [3.05, 3.63) is 0 Å². The van der Waals surface area contributed by atoms with Gasteiger partial charge in [0.05, 0.1) is 5.41 Å². The zero-order chi connectivity index (χ0) is 10.4. The number of carbonyl (C=O) groups excluding carboxylic acids is 1. The van der Waals surface area contributed by atoms with E-state index in [1.165, 1.54) is 0 Å². The molecule has 0 bridgehead atoms. The number of carbonyl (C=O) groups is 2. The molecule has 74 valence electrons. The molecular weight excluding hydrogens is 168 g/mol. The molecule has 3 unspecified atom stereocenters. The highest BCUT2D eigenvalue weighted by molar-refractivity contribution is 5.88. The number of aliphatic carboxylic acids is 1. The SMILES string of the molecule is CC(C)C1C(C)(C=O)C1(C)C(=O)O. The van der Waals surface area contributed by atoms with Crippen LogP contribution < -0.4 is 0 Å². The lowest BCUT2D eigenvalue weighted by atomic mass is 9.98. The lowest BCUT2D eigenvalue weighted by Crippen LogP contribution is -2.19. The molecule has 1 saturated carbocycles. The van der Waals surface area contributed by atoms with E-state index in [1.54, 1.807) is 13.8 Å². The minimum absolute atomic E-state index is 0.0324. The molecule has 1 fully saturated rings. The van der Waals surface area contributed by atoms with Crippen LogP contribution in [-0.2, 0) is 9.59 Å². The second kappa shape index (κ2) is 2.56. The zero-order valence-corrected chi connectivity index (χ0v) is 8.50. The van der Waals surface area contributed by atoms with E-state index in [-0.39, 0.29) is 11.8 Å². The first kappa shape index (κ1) is 10.2. The average molecular weight is 184 g/mol. The summed E-state index contributed by atoms with van der Waals surface area (Å²) in [7, 11) is 0. The third-order valence-corrected chi connectivity index (χ3v) is 3.66. The Labute approximate surface area is 78.1 Å². The van der Waals surface area contributed by atoms with Gasteiger partial charge in [-0.05, 0) is 18.8 Å². The molecule has 0 aromatic rings. The second-order valence-corrected chi connectivity index (χ2v) is 4.63. The fraction of sp³-hybridized carbons (Fsp3) is 0.800. The normalized spacial score (nSPS) is 43.3. The largest absolute Gasteiger partial charge is 0.481 e. The van der Waals surface area contributed by atoms with E-state index >= 15 is 0 Å². The van der Waals surface area contributed by atoms with Gasteiger partial charge >= 0.3 is 5.97 Å². The quantitative estimate of drug-likeness (QED) is 0.677. The van der Waals surface area contributed by atoms with Crippen molar-refractivity contribution < 1.29 is 14.7 Å². The van der Waals surface area contributed by atoms with Gasteiger partial charge in [-0.15, -0.1) is 0 Å². The van der Waals surface area contributed by atoms with Crippen molar-refractivity contribution in [1.29, 1.82) is 0 Å². The molecule has 0 radical (unpaired) electrons. The van der Waals surface area contributed by atoms with Crippen LogP contribution in [0.4, 0.5) is 0 Å². The summed E-state index contributed by atoms with van der Waals surface area (Å²) in [5.74, 6) is -0.660. The molecule has 0 saturated heterocycles. The first-order valence-corrected chi connectivity index (χ1v) is 4.52. The van der Waals surface area contributed by atoms with Crippen molar-refractivity contribution in [2.45, 2.75) is 27.7 Å². The molecule has 0 aromatic carbocycles. The van der Waals surface area contributed by atoms with Crippen molar-refractivity contribution in [2.24, 2.45) is 22.7 Å². The molecular formula is C10H16O3. The van der Waals surface area contributed by atoms with Crippen LogP contribution in [0.25, 0.3) is 0 Å². The van der Waals surface area contributed by atoms with Crippen molar-refractivity contribution in [2.75, 3.05) is 0 Å². The Bertz CT molecular complexity index is 259. The molecule has 1 rings (SSSR count). The first-order valence-electron chi connectivity index (χ1n) is 4.52. The maximum Gasteiger partial charge on any atom is 0.310 e. The minimum Gasteiger partial charge on any atom is -0.481 e. The molecule has 0 aliphatic heterocycles. The van der Waals surface area contributed by atoms with Crippen molar-refractivity contribution in [3.8, 4) is 0 Å². The van der Waals surface area contributed by atoms with Gasteiger partial charge in [0.15, 0.2) is 0 Å². The number of carboxylic acid groups (broad SMARTS) is 1. The van der Waals surface area contributed by atoms with Crippen molar-refractivity contribution in [3.63, 3.8) is 0 Å². The standard InChI is InChI=1S/C10H16O3/c1-6(2)7-9(3,5-11)10(7,4)8(12)13/h5-7H,1-4H3,(H,12,13). The Balaban J connectivity index is 3.03. The van der Waals surface area contributed by atoms with Gasteiger partial charge in [-0.3, -0.25) is 4.79 Å². The van der Waals surface area contributed by atoms with Crippen LogP contribution in [-0.4, -0.2) is 17.4 Å². The molecule has 3 nitrogen and oxygen atoms in total. The predicted octanol–water partition coefficient (Wildman–Crippen LogP) is 1.57. The van der Waals surface area contributed by atoms with Gasteiger partial charge in [-0.2, -0.15) is 0 Å². The summed E-state index contributed by atoms with van der Waals surface area (Å²) < 4.78 is 0. The van der Waals surface area contributed by atoms with E-state index in [9.17, 15) is 9.59 Å². The molecule has 1 aliphatic carbocycles. The molecule has 0 heterocycles. The van der Waals surface area contributed by atoms with Crippen LogP contribution in [0, 0.1) is 22.7 Å².